The summed E-state index contributed by atoms with van der Waals surface area (Å²) in [5.41, 5.74) is 4.26. The van der Waals surface area contributed by atoms with E-state index in [0.717, 1.165) is 42.8 Å². The minimum Gasteiger partial charge on any atom is -0.385 e. The Kier molecular flexibility index (Phi) is 5.05. The molecule has 1 aliphatic heterocycles. The monoisotopic (exact) mass is 326 g/mol. The zero-order valence-corrected chi connectivity index (χ0v) is 14.8. The molecule has 1 unspecified atom stereocenters. The molecule has 0 radical (unpaired) electrons. The van der Waals surface area contributed by atoms with Gasteiger partial charge in [-0.15, -0.1) is 0 Å². The number of amides is 1. The van der Waals surface area contributed by atoms with E-state index in [4.69, 9.17) is 4.74 Å². The molecule has 2 heterocycles. The van der Waals surface area contributed by atoms with Crippen LogP contribution in [-0.4, -0.2) is 35.6 Å². The second kappa shape index (κ2) is 7.22. The summed E-state index contributed by atoms with van der Waals surface area (Å²) in [4.78, 5) is 15.1. The molecule has 1 amide bonds. The first kappa shape index (κ1) is 16.8. The maximum Gasteiger partial charge on any atom is 0.254 e. The molecule has 1 aromatic heterocycles. The lowest BCUT2D eigenvalue weighted by molar-refractivity contribution is 0.0705. The first-order chi connectivity index (χ1) is 11.6. The van der Waals surface area contributed by atoms with Crippen molar-refractivity contribution in [3.63, 3.8) is 0 Å². The van der Waals surface area contributed by atoms with Crippen molar-refractivity contribution >= 4 is 5.91 Å². The van der Waals surface area contributed by atoms with Crippen LogP contribution in [0.2, 0.25) is 0 Å². The van der Waals surface area contributed by atoms with Crippen LogP contribution in [0.5, 0.6) is 0 Å². The number of aryl methyl sites for hydroxylation is 2. The molecular formula is C20H26N2O2. The van der Waals surface area contributed by atoms with Gasteiger partial charge in [-0.1, -0.05) is 17.2 Å². The molecule has 0 aliphatic carbocycles. The van der Waals surface area contributed by atoms with Crippen LogP contribution in [-0.2, 0) is 17.8 Å². The van der Waals surface area contributed by atoms with Crippen LogP contribution < -0.4 is 0 Å². The molecule has 0 spiro atoms. The van der Waals surface area contributed by atoms with Crippen molar-refractivity contribution in [2.75, 3.05) is 20.3 Å². The predicted molar refractivity (Wildman–Crippen MR) is 95.1 cm³/mol. The van der Waals surface area contributed by atoms with Gasteiger partial charge in [-0.05, 0) is 50.5 Å². The summed E-state index contributed by atoms with van der Waals surface area (Å²) >= 11 is 0. The molecule has 4 nitrogen and oxygen atoms in total. The van der Waals surface area contributed by atoms with Crippen molar-refractivity contribution in [2.45, 2.75) is 33.4 Å². The molecule has 1 atom stereocenters. The van der Waals surface area contributed by atoms with E-state index < -0.39 is 0 Å². The molecule has 128 valence electrons. The first-order valence-electron chi connectivity index (χ1n) is 8.57. The maximum absolute atomic E-state index is 13.1. The van der Waals surface area contributed by atoms with E-state index in [-0.39, 0.29) is 5.91 Å². The molecule has 0 saturated heterocycles. The molecule has 24 heavy (non-hydrogen) atoms. The van der Waals surface area contributed by atoms with Gasteiger partial charge in [0.2, 0.25) is 0 Å². The van der Waals surface area contributed by atoms with E-state index in [1.165, 1.54) is 5.69 Å². The molecule has 4 heteroatoms. The van der Waals surface area contributed by atoms with Crippen molar-refractivity contribution in [2.24, 2.45) is 5.92 Å². The number of nitrogens with zero attached hydrogens (tertiary/aromatic N) is 2. The Hall–Kier alpha value is -2.07. The van der Waals surface area contributed by atoms with Crippen molar-refractivity contribution < 1.29 is 9.53 Å². The number of carbonyl (C=O) groups is 1. The van der Waals surface area contributed by atoms with Gasteiger partial charge < -0.3 is 14.2 Å². The number of hydrogen-bond donors (Lipinski definition) is 0. The number of ether oxygens (including phenoxy) is 1. The standard InChI is InChI=1S/C20H26N2O2/c1-15-9-16(2)11-18(10-15)20(23)22-13-17(6-8-24-3)12-21-7-4-5-19(21)14-22/h4-5,7,9-11,17H,6,8,12-14H2,1-3H3. The average molecular weight is 326 g/mol. The van der Waals surface area contributed by atoms with Gasteiger partial charge in [0, 0.05) is 44.3 Å². The van der Waals surface area contributed by atoms with Gasteiger partial charge in [-0.2, -0.15) is 0 Å². The Morgan fingerprint density at radius 3 is 2.67 bits per heavy atom. The van der Waals surface area contributed by atoms with Gasteiger partial charge in [0.25, 0.3) is 5.91 Å². The van der Waals surface area contributed by atoms with E-state index in [1.807, 2.05) is 30.9 Å². The molecule has 0 N–H and O–H groups in total. The Morgan fingerprint density at radius 1 is 1.21 bits per heavy atom. The van der Waals surface area contributed by atoms with Crippen molar-refractivity contribution in [1.29, 1.82) is 0 Å². The summed E-state index contributed by atoms with van der Waals surface area (Å²) in [6, 6.07) is 10.3. The van der Waals surface area contributed by atoms with Crippen molar-refractivity contribution in [3.8, 4) is 0 Å². The average Bonchev–Trinajstić information content (AvgIpc) is 2.89. The maximum atomic E-state index is 13.1. The Balaban J connectivity index is 1.86. The van der Waals surface area contributed by atoms with E-state index >= 15 is 0 Å². The van der Waals surface area contributed by atoms with Gasteiger partial charge in [0.05, 0.1) is 6.54 Å². The SMILES string of the molecule is COCCC1CN(C(=O)c2cc(C)cc(C)c2)Cc2cccn2C1. The van der Waals surface area contributed by atoms with Crippen LogP contribution in [0.1, 0.15) is 33.6 Å². The Morgan fingerprint density at radius 2 is 1.96 bits per heavy atom. The predicted octanol–water partition coefficient (Wildman–Crippen LogP) is 3.41. The van der Waals surface area contributed by atoms with Crippen LogP contribution >= 0.6 is 0 Å². The lowest BCUT2D eigenvalue weighted by Gasteiger charge is -2.24. The third-order valence-corrected chi connectivity index (χ3v) is 4.70. The van der Waals surface area contributed by atoms with Gasteiger partial charge in [-0.25, -0.2) is 0 Å². The number of rotatable bonds is 4. The number of hydrogen-bond acceptors (Lipinski definition) is 2. The molecular weight excluding hydrogens is 300 g/mol. The summed E-state index contributed by atoms with van der Waals surface area (Å²) in [7, 11) is 1.73. The summed E-state index contributed by atoms with van der Waals surface area (Å²) in [6.45, 7) is 7.20. The summed E-state index contributed by atoms with van der Waals surface area (Å²) in [5.74, 6) is 0.535. The highest BCUT2D eigenvalue weighted by Crippen LogP contribution is 2.22. The number of fused-ring (bicyclic) bond motifs is 1. The van der Waals surface area contributed by atoms with Crippen LogP contribution in [0, 0.1) is 19.8 Å². The number of aromatic nitrogens is 1. The third-order valence-electron chi connectivity index (χ3n) is 4.70. The zero-order valence-electron chi connectivity index (χ0n) is 14.8. The van der Waals surface area contributed by atoms with Crippen molar-refractivity contribution in [1.82, 2.24) is 9.47 Å². The van der Waals surface area contributed by atoms with Gasteiger partial charge >= 0.3 is 0 Å². The molecule has 1 aliphatic rings. The largest absolute Gasteiger partial charge is 0.385 e. The zero-order chi connectivity index (χ0) is 17.1. The fraction of sp³-hybridized carbons (Fsp3) is 0.450. The van der Waals surface area contributed by atoms with Gasteiger partial charge in [0.15, 0.2) is 0 Å². The summed E-state index contributed by atoms with van der Waals surface area (Å²) in [5, 5.41) is 0. The molecule has 0 saturated carbocycles. The molecule has 3 rings (SSSR count). The Bertz CT molecular complexity index is 700. The fourth-order valence-electron chi connectivity index (χ4n) is 3.58. The molecule has 2 aromatic rings. The van der Waals surface area contributed by atoms with Crippen LogP contribution in [0.3, 0.4) is 0 Å². The summed E-state index contributed by atoms with van der Waals surface area (Å²) in [6.07, 6.45) is 3.07. The second-order valence-electron chi connectivity index (χ2n) is 6.86. The number of benzene rings is 1. The number of carbonyl (C=O) groups excluding carboxylic acids is 1. The fourth-order valence-corrected chi connectivity index (χ4v) is 3.58. The molecule has 1 aromatic carbocycles. The van der Waals surface area contributed by atoms with E-state index in [2.05, 4.69) is 29.0 Å². The van der Waals surface area contributed by atoms with Crippen molar-refractivity contribution in [3.05, 3.63) is 58.9 Å². The topological polar surface area (TPSA) is 34.5 Å². The first-order valence-corrected chi connectivity index (χ1v) is 8.57. The second-order valence-corrected chi connectivity index (χ2v) is 6.86. The molecule has 0 fully saturated rings. The minimum absolute atomic E-state index is 0.124. The van der Waals surface area contributed by atoms with Gasteiger partial charge in [-0.3, -0.25) is 4.79 Å². The van der Waals surface area contributed by atoms with E-state index in [0.29, 0.717) is 12.5 Å². The normalized spacial score (nSPS) is 17.5. The summed E-state index contributed by atoms with van der Waals surface area (Å²) < 4.78 is 7.53. The van der Waals surface area contributed by atoms with Crippen LogP contribution in [0.15, 0.2) is 36.5 Å². The highest BCUT2D eigenvalue weighted by molar-refractivity contribution is 5.94. The number of methoxy groups -OCH3 is 1. The molecule has 0 bridgehead atoms. The van der Waals surface area contributed by atoms with Crippen LogP contribution in [0.4, 0.5) is 0 Å². The lowest BCUT2D eigenvalue weighted by atomic mass is 10.0. The Labute approximate surface area is 144 Å². The smallest absolute Gasteiger partial charge is 0.254 e. The van der Waals surface area contributed by atoms with E-state index in [9.17, 15) is 4.79 Å². The lowest BCUT2D eigenvalue weighted by Crippen LogP contribution is -2.34. The van der Waals surface area contributed by atoms with Crippen LogP contribution in [0.25, 0.3) is 0 Å². The third kappa shape index (κ3) is 3.70. The van der Waals surface area contributed by atoms with E-state index in [1.54, 1.807) is 7.11 Å². The highest BCUT2D eigenvalue weighted by Gasteiger charge is 2.25. The highest BCUT2D eigenvalue weighted by atomic mass is 16.5. The van der Waals surface area contributed by atoms with Gasteiger partial charge in [0.1, 0.15) is 0 Å². The minimum atomic E-state index is 0.124. The quantitative estimate of drug-likeness (QED) is 0.863.